The molecule has 23 heavy (non-hydrogen) atoms. The van der Waals surface area contributed by atoms with Crippen molar-refractivity contribution >= 4 is 35.2 Å². The van der Waals surface area contributed by atoms with E-state index in [1.54, 1.807) is 23.5 Å². The van der Waals surface area contributed by atoms with E-state index in [0.717, 1.165) is 15.7 Å². The van der Waals surface area contributed by atoms with Crippen LogP contribution in [0.1, 0.15) is 13.8 Å². The Morgan fingerprint density at radius 1 is 1.35 bits per heavy atom. The highest BCUT2D eigenvalue weighted by Gasteiger charge is 2.08. The molecule has 0 aliphatic rings. The molecule has 2 rings (SSSR count). The number of rotatable bonds is 7. The van der Waals surface area contributed by atoms with Crippen molar-refractivity contribution in [2.24, 2.45) is 7.05 Å². The van der Waals surface area contributed by atoms with Gasteiger partial charge in [0, 0.05) is 29.5 Å². The summed E-state index contributed by atoms with van der Waals surface area (Å²) in [7, 11) is 1.78. The lowest BCUT2D eigenvalue weighted by molar-refractivity contribution is 0.252. The Balaban J connectivity index is 1.77. The average molecular weight is 352 g/mol. The zero-order valence-electron chi connectivity index (χ0n) is 13.3. The molecule has 0 unspecified atom stereocenters. The van der Waals surface area contributed by atoms with E-state index in [-0.39, 0.29) is 6.03 Å². The molecule has 9 heteroatoms. The number of urea groups is 1. The Morgan fingerprint density at radius 3 is 2.83 bits per heavy atom. The summed E-state index contributed by atoms with van der Waals surface area (Å²) in [4.78, 5) is 13.1. The van der Waals surface area contributed by atoms with Gasteiger partial charge in [-0.3, -0.25) is 0 Å². The number of nitrogens with one attached hydrogen (secondary N) is 2. The summed E-state index contributed by atoms with van der Waals surface area (Å²) < 4.78 is 1.60. The van der Waals surface area contributed by atoms with E-state index in [1.807, 2.05) is 24.3 Å². The summed E-state index contributed by atoms with van der Waals surface area (Å²) in [5.41, 5.74) is 0.828. The molecule has 0 radical (unpaired) electrons. The van der Waals surface area contributed by atoms with Gasteiger partial charge in [-0.05, 0) is 22.6 Å². The summed E-state index contributed by atoms with van der Waals surface area (Å²) in [6, 6.07) is 7.59. The summed E-state index contributed by atoms with van der Waals surface area (Å²) in [6.07, 6.45) is 0. The molecule has 2 amide bonds. The second kappa shape index (κ2) is 8.78. The predicted molar refractivity (Wildman–Crippen MR) is 94.0 cm³/mol. The van der Waals surface area contributed by atoms with Crippen molar-refractivity contribution in [3.05, 3.63) is 24.3 Å². The van der Waals surface area contributed by atoms with E-state index in [4.69, 9.17) is 0 Å². The minimum absolute atomic E-state index is 0.210. The first kappa shape index (κ1) is 17.6. The van der Waals surface area contributed by atoms with Crippen LogP contribution in [0.3, 0.4) is 0 Å². The number of tetrazole rings is 1. The zero-order valence-corrected chi connectivity index (χ0v) is 14.9. The van der Waals surface area contributed by atoms with Gasteiger partial charge in [0.05, 0.1) is 5.69 Å². The lowest BCUT2D eigenvalue weighted by atomic mass is 10.3. The van der Waals surface area contributed by atoms with Gasteiger partial charge >= 0.3 is 6.03 Å². The lowest BCUT2D eigenvalue weighted by Crippen LogP contribution is -2.30. The number of para-hydroxylation sites is 1. The molecule has 0 atom stereocenters. The van der Waals surface area contributed by atoms with Gasteiger partial charge in [0.1, 0.15) is 0 Å². The van der Waals surface area contributed by atoms with E-state index in [1.165, 1.54) is 11.8 Å². The Hall–Kier alpha value is -1.74. The quantitative estimate of drug-likeness (QED) is 0.589. The molecule has 0 fully saturated rings. The largest absolute Gasteiger partial charge is 0.337 e. The standard InChI is InChI=1S/C14H20N6OS2/c1-10(2)23-12-7-5-4-6-11(12)16-13(21)15-8-9-22-14-17-18-19-20(14)3/h4-7,10H,8-9H2,1-3H3,(H2,15,16,21). The van der Waals surface area contributed by atoms with E-state index < -0.39 is 0 Å². The van der Waals surface area contributed by atoms with Crippen molar-refractivity contribution in [2.45, 2.75) is 29.1 Å². The van der Waals surface area contributed by atoms with Crippen LogP contribution < -0.4 is 10.6 Å². The normalized spacial score (nSPS) is 10.8. The highest BCUT2D eigenvalue weighted by molar-refractivity contribution is 8.00. The number of anilines is 1. The number of hydrogen-bond donors (Lipinski definition) is 2. The van der Waals surface area contributed by atoms with Crippen molar-refractivity contribution in [2.75, 3.05) is 17.6 Å². The van der Waals surface area contributed by atoms with Gasteiger partial charge < -0.3 is 10.6 Å². The van der Waals surface area contributed by atoms with Gasteiger partial charge in [0.2, 0.25) is 5.16 Å². The molecule has 0 aliphatic heterocycles. The average Bonchev–Trinajstić information content (AvgIpc) is 2.90. The Labute approximate surface area is 144 Å². The van der Waals surface area contributed by atoms with Gasteiger partial charge in [-0.1, -0.05) is 37.7 Å². The number of carbonyl (C=O) groups excluding carboxylic acids is 1. The van der Waals surface area contributed by atoms with Crippen LogP contribution in [0.15, 0.2) is 34.3 Å². The molecule has 7 nitrogen and oxygen atoms in total. The minimum Gasteiger partial charge on any atom is -0.337 e. The van der Waals surface area contributed by atoms with Gasteiger partial charge in [-0.15, -0.1) is 16.9 Å². The maximum Gasteiger partial charge on any atom is 0.319 e. The molecule has 124 valence electrons. The summed E-state index contributed by atoms with van der Waals surface area (Å²) in [6.45, 7) is 4.78. The lowest BCUT2D eigenvalue weighted by Gasteiger charge is -2.12. The second-order valence-corrected chi connectivity index (χ2v) is 7.66. The molecule has 0 saturated heterocycles. The highest BCUT2D eigenvalue weighted by Crippen LogP contribution is 2.29. The number of carbonyl (C=O) groups is 1. The zero-order chi connectivity index (χ0) is 16.7. The SMILES string of the molecule is CC(C)Sc1ccccc1NC(=O)NCCSc1nnnn1C. The third-order valence-corrected chi connectivity index (χ3v) is 4.79. The van der Waals surface area contributed by atoms with E-state index in [0.29, 0.717) is 17.5 Å². The minimum atomic E-state index is -0.210. The molecular formula is C14H20N6OS2. The van der Waals surface area contributed by atoms with Gasteiger partial charge in [0.25, 0.3) is 0 Å². The Morgan fingerprint density at radius 2 is 2.13 bits per heavy atom. The third-order valence-electron chi connectivity index (χ3n) is 2.70. The van der Waals surface area contributed by atoms with E-state index in [2.05, 4.69) is 40.0 Å². The van der Waals surface area contributed by atoms with Gasteiger partial charge in [-0.2, -0.15) is 0 Å². The fraction of sp³-hybridized carbons (Fsp3) is 0.429. The maximum absolute atomic E-state index is 12.0. The second-order valence-electron chi connectivity index (χ2n) is 4.98. The molecule has 1 aromatic carbocycles. The first-order valence-electron chi connectivity index (χ1n) is 7.22. The van der Waals surface area contributed by atoms with Crippen LogP contribution in [0, 0.1) is 0 Å². The summed E-state index contributed by atoms with van der Waals surface area (Å²) in [5, 5.41) is 18.1. The van der Waals surface area contributed by atoms with Crippen molar-refractivity contribution in [1.29, 1.82) is 0 Å². The van der Waals surface area contributed by atoms with Crippen molar-refractivity contribution in [1.82, 2.24) is 25.5 Å². The fourth-order valence-electron chi connectivity index (χ4n) is 1.74. The molecule has 0 aliphatic carbocycles. The van der Waals surface area contributed by atoms with E-state index in [9.17, 15) is 4.79 Å². The number of thioether (sulfide) groups is 2. The molecule has 0 spiro atoms. The molecular weight excluding hydrogens is 332 g/mol. The van der Waals surface area contributed by atoms with Crippen molar-refractivity contribution in [3.8, 4) is 0 Å². The molecule has 2 N–H and O–H groups in total. The fourth-order valence-corrected chi connectivity index (χ4v) is 3.36. The van der Waals surface area contributed by atoms with Crippen LogP contribution in [0.25, 0.3) is 0 Å². The number of hydrogen-bond acceptors (Lipinski definition) is 6. The van der Waals surface area contributed by atoms with Crippen LogP contribution in [0.4, 0.5) is 10.5 Å². The Bertz CT molecular complexity index is 646. The molecule has 2 aromatic rings. The third kappa shape index (κ3) is 5.76. The van der Waals surface area contributed by atoms with Crippen molar-refractivity contribution in [3.63, 3.8) is 0 Å². The van der Waals surface area contributed by atoms with Crippen molar-refractivity contribution < 1.29 is 4.79 Å². The monoisotopic (exact) mass is 352 g/mol. The predicted octanol–water partition coefficient (Wildman–Crippen LogP) is 2.62. The number of amides is 2. The molecule has 0 bridgehead atoms. The van der Waals surface area contributed by atoms with Crippen LogP contribution in [-0.2, 0) is 7.05 Å². The number of aryl methyl sites for hydroxylation is 1. The molecule has 1 heterocycles. The highest BCUT2D eigenvalue weighted by atomic mass is 32.2. The first-order chi connectivity index (χ1) is 11.1. The number of benzene rings is 1. The summed E-state index contributed by atoms with van der Waals surface area (Å²) in [5.74, 6) is 0.698. The first-order valence-corrected chi connectivity index (χ1v) is 9.08. The van der Waals surface area contributed by atoms with E-state index >= 15 is 0 Å². The van der Waals surface area contributed by atoms with Crippen LogP contribution in [0.2, 0.25) is 0 Å². The smallest absolute Gasteiger partial charge is 0.319 e. The topological polar surface area (TPSA) is 84.7 Å². The molecule has 1 aromatic heterocycles. The Kier molecular flexibility index (Phi) is 6.72. The van der Waals surface area contributed by atoms with Crippen LogP contribution in [-0.4, -0.2) is 43.8 Å². The van der Waals surface area contributed by atoms with Crippen LogP contribution >= 0.6 is 23.5 Å². The molecule has 0 saturated carbocycles. The van der Waals surface area contributed by atoms with Gasteiger partial charge in [0.15, 0.2) is 0 Å². The number of nitrogens with zero attached hydrogens (tertiary/aromatic N) is 4. The number of aromatic nitrogens is 4. The summed E-state index contributed by atoms with van der Waals surface area (Å²) >= 11 is 3.22. The van der Waals surface area contributed by atoms with Gasteiger partial charge in [-0.25, -0.2) is 9.48 Å². The maximum atomic E-state index is 12.0. The van der Waals surface area contributed by atoms with Crippen LogP contribution in [0.5, 0.6) is 0 Å².